The summed E-state index contributed by atoms with van der Waals surface area (Å²) in [5, 5.41) is 14.0. The number of imidazole rings is 1. The summed E-state index contributed by atoms with van der Waals surface area (Å²) in [4.78, 5) is 20.2. The summed E-state index contributed by atoms with van der Waals surface area (Å²) in [6, 6.07) is 12.7. The molecule has 1 amide bonds. The Morgan fingerprint density at radius 2 is 1.81 bits per heavy atom. The number of hydrogen-bond donors (Lipinski definition) is 2. The number of carbonyl (C=O) groups excluding carboxylic acids is 1. The topological polar surface area (TPSA) is 70.4 Å². The van der Waals surface area contributed by atoms with Crippen LogP contribution in [0.2, 0.25) is 0 Å². The second kappa shape index (κ2) is 11.5. The zero-order chi connectivity index (χ0) is 24.4. The molecule has 1 saturated carbocycles. The molecule has 1 saturated heterocycles. The second-order valence-corrected chi connectivity index (χ2v) is 9.47. The van der Waals surface area contributed by atoms with Crippen LogP contribution in [0.25, 0.3) is 11.3 Å². The van der Waals surface area contributed by atoms with Gasteiger partial charge in [-0.25, -0.2) is 13.8 Å². The number of nitrogens with one attached hydrogen (secondary N) is 1. The van der Waals surface area contributed by atoms with Gasteiger partial charge in [0.1, 0.15) is 11.6 Å². The predicted molar refractivity (Wildman–Crippen MR) is 136 cm³/mol. The van der Waals surface area contributed by atoms with Crippen molar-refractivity contribution in [1.29, 1.82) is 0 Å². The van der Waals surface area contributed by atoms with E-state index in [9.17, 15) is 18.7 Å². The van der Waals surface area contributed by atoms with Crippen molar-refractivity contribution in [2.75, 3.05) is 19.6 Å². The third kappa shape index (κ3) is 5.45. The summed E-state index contributed by atoms with van der Waals surface area (Å²) < 4.78 is 29.5. The first-order chi connectivity index (χ1) is 17.0. The van der Waals surface area contributed by atoms with Gasteiger partial charge in [0.2, 0.25) is 0 Å². The number of aliphatic hydroxyl groups is 1. The summed E-state index contributed by atoms with van der Waals surface area (Å²) >= 11 is 0. The highest BCUT2D eigenvalue weighted by atomic mass is 35.5. The largest absolute Gasteiger partial charge is 0.391 e. The molecule has 0 unspecified atom stereocenters. The van der Waals surface area contributed by atoms with E-state index in [1.54, 1.807) is 11.2 Å². The molecule has 0 bridgehead atoms. The molecule has 3 aromatic rings. The molecule has 192 valence electrons. The van der Waals surface area contributed by atoms with Gasteiger partial charge >= 0.3 is 0 Å². The highest BCUT2D eigenvalue weighted by Gasteiger charge is 2.34. The average Bonchev–Trinajstić information content (AvgIpc) is 3.29. The molecule has 1 aromatic heterocycles. The number of halogens is 3. The fourth-order valence-corrected chi connectivity index (χ4v) is 5.41. The minimum absolute atomic E-state index is 0. The number of rotatable bonds is 5. The SMILES string of the molecule is Cl.O=C(c1ncn([C@H]2CCCC[C@H]2O)c1-c1ccccc1)N1CCNC[C@H]1Cc1cc(F)cc(F)c1. The normalized spacial score (nSPS) is 22.2. The van der Waals surface area contributed by atoms with E-state index in [0.29, 0.717) is 43.0 Å². The maximum atomic E-state index is 13.9. The van der Waals surface area contributed by atoms with Crippen LogP contribution < -0.4 is 5.32 Å². The van der Waals surface area contributed by atoms with Gasteiger partial charge in [0.15, 0.2) is 5.69 Å². The first-order valence-electron chi connectivity index (χ1n) is 12.3. The summed E-state index contributed by atoms with van der Waals surface area (Å²) in [5.41, 5.74) is 2.42. The van der Waals surface area contributed by atoms with Crippen LogP contribution in [0.1, 0.15) is 47.8 Å². The molecule has 2 aromatic carbocycles. The third-order valence-corrected chi connectivity index (χ3v) is 7.10. The van der Waals surface area contributed by atoms with Crippen LogP contribution in [-0.4, -0.2) is 57.2 Å². The van der Waals surface area contributed by atoms with Crippen LogP contribution in [0.5, 0.6) is 0 Å². The average molecular weight is 517 g/mol. The number of aromatic nitrogens is 2. The molecular formula is C27H31ClF2N4O2. The lowest BCUT2D eigenvalue weighted by molar-refractivity contribution is 0.0628. The molecule has 1 aliphatic heterocycles. The number of amides is 1. The third-order valence-electron chi connectivity index (χ3n) is 7.10. The van der Waals surface area contributed by atoms with Crippen molar-refractivity contribution in [1.82, 2.24) is 19.8 Å². The van der Waals surface area contributed by atoms with Gasteiger partial charge in [-0.05, 0) is 37.0 Å². The Hall–Kier alpha value is -2.81. The van der Waals surface area contributed by atoms with E-state index in [-0.39, 0.29) is 30.4 Å². The van der Waals surface area contributed by atoms with Crippen LogP contribution in [0.3, 0.4) is 0 Å². The van der Waals surface area contributed by atoms with E-state index >= 15 is 0 Å². The Kier molecular flexibility index (Phi) is 8.39. The summed E-state index contributed by atoms with van der Waals surface area (Å²) in [5.74, 6) is -1.47. The van der Waals surface area contributed by atoms with Gasteiger partial charge in [0, 0.05) is 37.3 Å². The van der Waals surface area contributed by atoms with Crippen molar-refractivity contribution in [3.63, 3.8) is 0 Å². The molecule has 2 N–H and O–H groups in total. The van der Waals surface area contributed by atoms with Crippen molar-refractivity contribution in [2.45, 2.75) is 50.3 Å². The lowest BCUT2D eigenvalue weighted by Crippen LogP contribution is -2.54. The fraction of sp³-hybridized carbons (Fsp3) is 0.407. The Morgan fingerprint density at radius 1 is 1.08 bits per heavy atom. The molecule has 1 aliphatic carbocycles. The standard InChI is InChI=1S/C27H30F2N4O2.ClH/c28-20-12-18(13-21(29)15-20)14-22-16-30-10-11-32(22)27(35)25-26(19-6-2-1-3-7-19)33(17-31-25)23-8-4-5-9-24(23)34;/h1-3,6-7,12-13,15,17,22-24,30,34H,4-5,8-11,14,16H2;1H/t22-,23+,24-;/m1./s1. The van der Waals surface area contributed by atoms with E-state index in [0.717, 1.165) is 37.3 Å². The fourth-order valence-electron chi connectivity index (χ4n) is 5.41. The summed E-state index contributed by atoms with van der Waals surface area (Å²) in [7, 11) is 0. The minimum Gasteiger partial charge on any atom is -0.391 e. The van der Waals surface area contributed by atoms with Gasteiger partial charge in [0.05, 0.1) is 24.2 Å². The maximum Gasteiger partial charge on any atom is 0.275 e. The maximum absolute atomic E-state index is 13.9. The first kappa shape index (κ1) is 26.3. The highest BCUT2D eigenvalue weighted by molar-refractivity contribution is 5.98. The number of aliphatic hydroxyl groups excluding tert-OH is 1. The Bertz CT molecular complexity index is 1170. The zero-order valence-electron chi connectivity index (χ0n) is 19.9. The molecular weight excluding hydrogens is 486 g/mol. The van der Waals surface area contributed by atoms with E-state index in [1.165, 1.54) is 12.1 Å². The van der Waals surface area contributed by atoms with E-state index in [4.69, 9.17) is 0 Å². The molecule has 2 fully saturated rings. The number of nitrogens with zero attached hydrogens (tertiary/aromatic N) is 3. The van der Waals surface area contributed by atoms with Gasteiger partial charge in [0.25, 0.3) is 5.91 Å². The summed E-state index contributed by atoms with van der Waals surface area (Å²) in [6.07, 6.45) is 5.07. The highest BCUT2D eigenvalue weighted by Crippen LogP contribution is 2.35. The van der Waals surface area contributed by atoms with E-state index < -0.39 is 17.7 Å². The van der Waals surface area contributed by atoms with Crippen molar-refractivity contribution >= 4 is 18.3 Å². The van der Waals surface area contributed by atoms with Crippen LogP contribution in [0.4, 0.5) is 8.78 Å². The lowest BCUT2D eigenvalue weighted by atomic mass is 9.92. The summed E-state index contributed by atoms with van der Waals surface area (Å²) in [6.45, 7) is 1.61. The molecule has 9 heteroatoms. The van der Waals surface area contributed by atoms with Crippen LogP contribution in [0.15, 0.2) is 54.9 Å². The van der Waals surface area contributed by atoms with Crippen molar-refractivity contribution in [3.05, 3.63) is 77.8 Å². The molecule has 0 radical (unpaired) electrons. The van der Waals surface area contributed by atoms with Gasteiger partial charge in [-0.2, -0.15) is 0 Å². The van der Waals surface area contributed by atoms with Crippen LogP contribution >= 0.6 is 12.4 Å². The molecule has 5 rings (SSSR count). The smallest absolute Gasteiger partial charge is 0.275 e. The van der Waals surface area contributed by atoms with Gasteiger partial charge in [-0.3, -0.25) is 4.79 Å². The second-order valence-electron chi connectivity index (χ2n) is 9.47. The van der Waals surface area contributed by atoms with Crippen molar-refractivity contribution in [2.24, 2.45) is 0 Å². The van der Waals surface area contributed by atoms with E-state index in [1.807, 2.05) is 34.9 Å². The Morgan fingerprint density at radius 3 is 2.53 bits per heavy atom. The Balaban J connectivity index is 0.00000304. The molecule has 6 nitrogen and oxygen atoms in total. The quantitative estimate of drug-likeness (QED) is 0.528. The lowest BCUT2D eigenvalue weighted by Gasteiger charge is -2.36. The number of piperazine rings is 1. The Labute approximate surface area is 215 Å². The molecule has 36 heavy (non-hydrogen) atoms. The predicted octanol–water partition coefficient (Wildman–Crippen LogP) is 4.38. The van der Waals surface area contributed by atoms with Crippen LogP contribution in [0, 0.1) is 11.6 Å². The molecule has 2 aliphatic rings. The van der Waals surface area contributed by atoms with Crippen LogP contribution in [-0.2, 0) is 6.42 Å². The monoisotopic (exact) mass is 516 g/mol. The molecule has 0 spiro atoms. The van der Waals surface area contributed by atoms with Crippen molar-refractivity contribution < 1.29 is 18.7 Å². The first-order valence-corrected chi connectivity index (χ1v) is 12.3. The van der Waals surface area contributed by atoms with Gasteiger partial charge in [-0.15, -0.1) is 12.4 Å². The van der Waals surface area contributed by atoms with Gasteiger partial charge in [-0.1, -0.05) is 43.2 Å². The number of hydrogen-bond acceptors (Lipinski definition) is 4. The molecule has 2 heterocycles. The number of benzene rings is 2. The minimum atomic E-state index is -0.627. The van der Waals surface area contributed by atoms with Gasteiger partial charge < -0.3 is 19.9 Å². The van der Waals surface area contributed by atoms with E-state index in [2.05, 4.69) is 10.3 Å². The van der Waals surface area contributed by atoms with Crippen molar-refractivity contribution in [3.8, 4) is 11.3 Å². The molecule has 3 atom stereocenters. The zero-order valence-corrected chi connectivity index (χ0v) is 20.8. The number of carbonyl (C=O) groups is 1.